The SMILES string of the molecule is O=C(Nc1nccnn1)Nc1c(Cl)cc(Cl)cc1C(=O)O. The molecule has 2 rings (SSSR count). The summed E-state index contributed by atoms with van der Waals surface area (Å²) in [6.07, 6.45) is 2.67. The molecule has 1 aromatic heterocycles. The number of benzene rings is 1. The number of nitrogens with zero attached hydrogens (tertiary/aromatic N) is 3. The molecule has 21 heavy (non-hydrogen) atoms. The van der Waals surface area contributed by atoms with E-state index in [0.29, 0.717) is 0 Å². The van der Waals surface area contributed by atoms with Crippen LogP contribution in [0.3, 0.4) is 0 Å². The number of carbonyl (C=O) groups is 2. The van der Waals surface area contributed by atoms with Crippen molar-refractivity contribution in [3.05, 3.63) is 40.1 Å². The summed E-state index contributed by atoms with van der Waals surface area (Å²) in [7, 11) is 0. The van der Waals surface area contributed by atoms with Gasteiger partial charge in [0, 0.05) is 5.02 Å². The van der Waals surface area contributed by atoms with Crippen LogP contribution in [0.2, 0.25) is 10.0 Å². The molecule has 2 aromatic rings. The third-order valence-electron chi connectivity index (χ3n) is 2.23. The summed E-state index contributed by atoms with van der Waals surface area (Å²) in [6, 6.07) is 1.72. The van der Waals surface area contributed by atoms with E-state index in [4.69, 9.17) is 28.3 Å². The number of amides is 2. The molecule has 0 unspecified atom stereocenters. The van der Waals surface area contributed by atoms with Crippen LogP contribution < -0.4 is 10.6 Å². The lowest BCUT2D eigenvalue weighted by molar-refractivity contribution is 0.0698. The molecule has 108 valence electrons. The highest BCUT2D eigenvalue weighted by atomic mass is 35.5. The fourth-order valence-electron chi connectivity index (χ4n) is 1.42. The smallest absolute Gasteiger partial charge is 0.337 e. The molecule has 10 heteroatoms. The maximum atomic E-state index is 11.8. The van der Waals surface area contributed by atoms with Crippen LogP contribution in [0.1, 0.15) is 10.4 Å². The van der Waals surface area contributed by atoms with E-state index in [2.05, 4.69) is 25.8 Å². The third kappa shape index (κ3) is 3.77. The maximum Gasteiger partial charge on any atom is 0.337 e. The Bertz CT molecular complexity index is 696. The van der Waals surface area contributed by atoms with Gasteiger partial charge in [-0.3, -0.25) is 5.32 Å². The van der Waals surface area contributed by atoms with Crippen molar-refractivity contribution in [2.24, 2.45) is 0 Å². The monoisotopic (exact) mass is 327 g/mol. The largest absolute Gasteiger partial charge is 0.478 e. The average molecular weight is 328 g/mol. The fraction of sp³-hybridized carbons (Fsp3) is 0. The number of hydrogen-bond acceptors (Lipinski definition) is 5. The highest BCUT2D eigenvalue weighted by Crippen LogP contribution is 2.30. The number of rotatable bonds is 3. The molecule has 0 atom stereocenters. The Labute approximate surface area is 128 Å². The third-order valence-corrected chi connectivity index (χ3v) is 2.75. The second kappa shape index (κ2) is 6.33. The van der Waals surface area contributed by atoms with Crippen LogP contribution in [0.4, 0.5) is 16.4 Å². The van der Waals surface area contributed by atoms with Crippen LogP contribution in [-0.2, 0) is 0 Å². The second-order valence-corrected chi connectivity index (χ2v) is 4.50. The van der Waals surface area contributed by atoms with Gasteiger partial charge in [-0.25, -0.2) is 14.6 Å². The molecule has 0 aliphatic carbocycles. The number of nitrogens with one attached hydrogen (secondary N) is 2. The number of anilines is 2. The van der Waals surface area contributed by atoms with Crippen molar-refractivity contribution >= 4 is 46.8 Å². The molecular weight excluding hydrogens is 321 g/mol. The molecule has 8 nitrogen and oxygen atoms in total. The summed E-state index contributed by atoms with van der Waals surface area (Å²) in [5.41, 5.74) is -0.329. The first-order valence-electron chi connectivity index (χ1n) is 5.41. The summed E-state index contributed by atoms with van der Waals surface area (Å²) in [5.74, 6) is -1.33. The van der Waals surface area contributed by atoms with Gasteiger partial charge in [0.05, 0.1) is 28.7 Å². The Morgan fingerprint density at radius 1 is 1.14 bits per heavy atom. The topological polar surface area (TPSA) is 117 Å². The van der Waals surface area contributed by atoms with E-state index in [1.54, 1.807) is 0 Å². The number of carbonyl (C=O) groups excluding carboxylic acids is 1. The molecule has 0 saturated heterocycles. The molecule has 0 aliphatic rings. The lowest BCUT2D eigenvalue weighted by atomic mass is 10.2. The predicted molar refractivity (Wildman–Crippen MR) is 75.9 cm³/mol. The van der Waals surface area contributed by atoms with Gasteiger partial charge in [-0.2, -0.15) is 5.10 Å². The van der Waals surface area contributed by atoms with Gasteiger partial charge in [-0.1, -0.05) is 23.2 Å². The van der Waals surface area contributed by atoms with Gasteiger partial charge in [-0.05, 0) is 12.1 Å². The van der Waals surface area contributed by atoms with E-state index in [1.165, 1.54) is 24.5 Å². The number of aromatic nitrogens is 3. The van der Waals surface area contributed by atoms with E-state index in [9.17, 15) is 9.59 Å². The fourth-order valence-corrected chi connectivity index (χ4v) is 1.96. The Balaban J connectivity index is 2.23. The summed E-state index contributed by atoms with van der Waals surface area (Å²) in [6.45, 7) is 0. The summed E-state index contributed by atoms with van der Waals surface area (Å²) in [5, 5.41) is 20.9. The first-order chi connectivity index (χ1) is 9.97. The molecule has 1 aromatic carbocycles. The Morgan fingerprint density at radius 2 is 1.90 bits per heavy atom. The molecule has 1 heterocycles. The summed E-state index contributed by atoms with van der Waals surface area (Å²) in [4.78, 5) is 26.7. The van der Waals surface area contributed by atoms with Crippen molar-refractivity contribution in [1.29, 1.82) is 0 Å². The molecule has 0 bridgehead atoms. The molecule has 0 aliphatic heterocycles. The number of halogens is 2. The average Bonchev–Trinajstić information content (AvgIpc) is 2.42. The zero-order valence-electron chi connectivity index (χ0n) is 10.2. The van der Waals surface area contributed by atoms with Gasteiger partial charge in [0.25, 0.3) is 5.95 Å². The van der Waals surface area contributed by atoms with Gasteiger partial charge in [-0.15, -0.1) is 5.10 Å². The van der Waals surface area contributed by atoms with Gasteiger partial charge in [0.15, 0.2) is 0 Å². The Morgan fingerprint density at radius 3 is 2.52 bits per heavy atom. The van der Waals surface area contributed by atoms with Gasteiger partial charge in [0.1, 0.15) is 0 Å². The van der Waals surface area contributed by atoms with Crippen molar-refractivity contribution in [2.75, 3.05) is 10.6 Å². The Kier molecular flexibility index (Phi) is 4.51. The minimum Gasteiger partial charge on any atom is -0.478 e. The van der Waals surface area contributed by atoms with Crippen molar-refractivity contribution in [1.82, 2.24) is 15.2 Å². The highest BCUT2D eigenvalue weighted by Gasteiger charge is 2.17. The maximum absolute atomic E-state index is 11.8. The van der Waals surface area contributed by atoms with Crippen LogP contribution in [0.5, 0.6) is 0 Å². The highest BCUT2D eigenvalue weighted by molar-refractivity contribution is 6.37. The lowest BCUT2D eigenvalue weighted by Crippen LogP contribution is -2.22. The van der Waals surface area contributed by atoms with Crippen molar-refractivity contribution in [3.63, 3.8) is 0 Å². The number of carboxylic acids is 1. The molecule has 3 N–H and O–H groups in total. The van der Waals surface area contributed by atoms with Crippen molar-refractivity contribution in [3.8, 4) is 0 Å². The first-order valence-corrected chi connectivity index (χ1v) is 6.17. The molecule has 0 saturated carbocycles. The second-order valence-electron chi connectivity index (χ2n) is 3.66. The van der Waals surface area contributed by atoms with E-state index in [-0.39, 0.29) is 27.2 Å². The normalized spacial score (nSPS) is 10.0. The van der Waals surface area contributed by atoms with Crippen molar-refractivity contribution < 1.29 is 14.7 Å². The molecular formula is C11H7Cl2N5O3. The predicted octanol–water partition coefficient (Wildman–Crippen LogP) is 2.52. The molecule has 0 radical (unpaired) electrons. The first kappa shape index (κ1) is 14.9. The number of carboxylic acid groups (broad SMARTS) is 1. The standard InChI is InChI=1S/C11H7Cl2N5O3/c12-5-3-6(9(19)20)8(7(13)4-5)16-11(21)17-10-14-1-2-15-18-10/h1-4H,(H,19,20)(H2,14,16,17,18,21). The van der Waals surface area contributed by atoms with Crippen LogP contribution in [0.15, 0.2) is 24.5 Å². The van der Waals surface area contributed by atoms with Gasteiger partial charge >= 0.3 is 12.0 Å². The molecule has 0 fully saturated rings. The van der Waals surface area contributed by atoms with E-state index < -0.39 is 12.0 Å². The van der Waals surface area contributed by atoms with Crippen LogP contribution in [-0.4, -0.2) is 32.3 Å². The minimum atomic E-state index is -1.28. The van der Waals surface area contributed by atoms with E-state index >= 15 is 0 Å². The Hall–Kier alpha value is -2.45. The van der Waals surface area contributed by atoms with Crippen LogP contribution in [0.25, 0.3) is 0 Å². The van der Waals surface area contributed by atoms with Crippen LogP contribution >= 0.6 is 23.2 Å². The lowest BCUT2D eigenvalue weighted by Gasteiger charge is -2.11. The van der Waals surface area contributed by atoms with E-state index in [1.807, 2.05) is 0 Å². The number of hydrogen-bond donors (Lipinski definition) is 3. The number of urea groups is 1. The quantitative estimate of drug-likeness (QED) is 0.797. The van der Waals surface area contributed by atoms with Gasteiger partial charge in [0.2, 0.25) is 0 Å². The zero-order chi connectivity index (χ0) is 15.4. The zero-order valence-corrected chi connectivity index (χ0v) is 11.7. The van der Waals surface area contributed by atoms with Crippen molar-refractivity contribution in [2.45, 2.75) is 0 Å². The van der Waals surface area contributed by atoms with Crippen LogP contribution in [0, 0.1) is 0 Å². The molecule has 0 spiro atoms. The summed E-state index contributed by atoms with van der Waals surface area (Å²) >= 11 is 11.6. The van der Waals surface area contributed by atoms with E-state index in [0.717, 1.165) is 0 Å². The number of aromatic carboxylic acids is 1. The minimum absolute atomic E-state index is 0.0119. The molecule has 2 amide bonds. The van der Waals surface area contributed by atoms with Gasteiger partial charge < -0.3 is 10.4 Å². The summed E-state index contributed by atoms with van der Waals surface area (Å²) < 4.78 is 0.